The van der Waals surface area contributed by atoms with Gasteiger partial charge in [-0.3, -0.25) is 19.2 Å². The highest BCUT2D eigenvalue weighted by Gasteiger charge is 2.41. The largest absolute Gasteiger partial charge is 0.481 e. The Labute approximate surface area is 210 Å². The SMILES string of the molecule is COC(=O)CCC1=C(CC(=O)OC)C(C)(Cc2[nH]cc(CCC(=O)OC)c2CC(=O)OC)N=C1OC. The monoisotopic (exact) mass is 506 g/mol. The zero-order chi connectivity index (χ0) is 26.9. The van der Waals surface area contributed by atoms with Crippen molar-refractivity contribution in [2.75, 3.05) is 35.5 Å². The summed E-state index contributed by atoms with van der Waals surface area (Å²) in [4.78, 5) is 56.0. The molecule has 0 radical (unpaired) electrons. The average Bonchev–Trinajstić information content (AvgIpc) is 3.37. The van der Waals surface area contributed by atoms with E-state index in [1.54, 1.807) is 6.20 Å². The lowest BCUT2D eigenvalue weighted by Crippen LogP contribution is -2.29. The Balaban J connectivity index is 2.50. The number of nitrogens with zero attached hydrogens (tertiary/aromatic N) is 1. The maximum Gasteiger partial charge on any atom is 0.310 e. The van der Waals surface area contributed by atoms with Crippen LogP contribution < -0.4 is 0 Å². The molecule has 1 atom stereocenters. The number of aromatic nitrogens is 1. The third-order valence-electron chi connectivity index (χ3n) is 6.24. The first-order chi connectivity index (χ1) is 17.1. The summed E-state index contributed by atoms with van der Waals surface area (Å²) in [5.41, 5.74) is 2.55. The van der Waals surface area contributed by atoms with Gasteiger partial charge in [-0.25, -0.2) is 4.99 Å². The van der Waals surface area contributed by atoms with Crippen LogP contribution in [0.5, 0.6) is 0 Å². The molecule has 0 aliphatic carbocycles. The number of hydrogen-bond acceptors (Lipinski definition) is 10. The molecule has 0 aromatic carbocycles. The van der Waals surface area contributed by atoms with Crippen LogP contribution in [0.3, 0.4) is 0 Å². The van der Waals surface area contributed by atoms with E-state index in [1.165, 1.54) is 35.5 Å². The van der Waals surface area contributed by atoms with Crippen molar-refractivity contribution in [2.24, 2.45) is 4.99 Å². The van der Waals surface area contributed by atoms with Gasteiger partial charge in [-0.05, 0) is 36.5 Å². The van der Waals surface area contributed by atoms with Gasteiger partial charge >= 0.3 is 23.9 Å². The van der Waals surface area contributed by atoms with Crippen LogP contribution in [0.15, 0.2) is 22.3 Å². The summed E-state index contributed by atoms with van der Waals surface area (Å²) in [6.45, 7) is 1.85. The van der Waals surface area contributed by atoms with E-state index in [0.717, 1.165) is 5.56 Å². The van der Waals surface area contributed by atoms with Crippen LogP contribution in [0.2, 0.25) is 0 Å². The van der Waals surface area contributed by atoms with E-state index in [2.05, 4.69) is 4.98 Å². The number of ether oxygens (including phenoxy) is 5. The van der Waals surface area contributed by atoms with E-state index < -0.39 is 23.4 Å². The molecule has 0 amide bonds. The average molecular weight is 507 g/mol. The minimum Gasteiger partial charge on any atom is -0.481 e. The van der Waals surface area contributed by atoms with Crippen molar-refractivity contribution in [1.82, 2.24) is 4.98 Å². The lowest BCUT2D eigenvalue weighted by Gasteiger charge is -2.25. The molecular formula is C25H34N2O9. The smallest absolute Gasteiger partial charge is 0.310 e. The van der Waals surface area contributed by atoms with E-state index in [-0.39, 0.29) is 38.1 Å². The minimum absolute atomic E-state index is 0.00594. The van der Waals surface area contributed by atoms with Crippen molar-refractivity contribution in [3.05, 3.63) is 34.2 Å². The molecule has 1 aliphatic heterocycles. The highest BCUT2D eigenvalue weighted by Crippen LogP contribution is 2.40. The lowest BCUT2D eigenvalue weighted by molar-refractivity contribution is -0.141. The van der Waals surface area contributed by atoms with E-state index in [9.17, 15) is 19.2 Å². The van der Waals surface area contributed by atoms with Gasteiger partial charge in [0.2, 0.25) is 5.90 Å². The second-order valence-electron chi connectivity index (χ2n) is 8.46. The molecule has 1 aliphatic rings. The molecule has 0 fully saturated rings. The lowest BCUT2D eigenvalue weighted by atomic mass is 9.82. The zero-order valence-electron chi connectivity index (χ0n) is 21.6. The van der Waals surface area contributed by atoms with E-state index in [1.807, 2.05) is 6.92 Å². The first-order valence-corrected chi connectivity index (χ1v) is 11.4. The van der Waals surface area contributed by atoms with Crippen LogP contribution in [0.25, 0.3) is 0 Å². The number of hydrogen-bond donors (Lipinski definition) is 1. The topological polar surface area (TPSA) is 143 Å². The Kier molecular flexibility index (Phi) is 10.2. The molecule has 1 aromatic heterocycles. The van der Waals surface area contributed by atoms with Gasteiger partial charge in [0.15, 0.2) is 0 Å². The number of aliphatic imine (C=N–C) groups is 1. The Hall–Kier alpha value is -3.63. The van der Waals surface area contributed by atoms with Gasteiger partial charge < -0.3 is 28.7 Å². The molecule has 0 spiro atoms. The normalized spacial score (nSPS) is 16.9. The van der Waals surface area contributed by atoms with Gasteiger partial charge in [-0.1, -0.05) is 0 Å². The molecule has 1 N–H and O–H groups in total. The number of esters is 4. The van der Waals surface area contributed by atoms with Crippen LogP contribution in [0, 0.1) is 0 Å². The standard InChI is InChI=1S/C25H34N2O9/c1-25(13-19-17(11-22(30)34-4)15(14-26-19)7-9-20(28)32-2)18(12-23(31)35-5)16(24(27-25)36-6)8-10-21(29)33-3/h14,26H,7-13H2,1-6H3. The van der Waals surface area contributed by atoms with Gasteiger partial charge in [-0.15, -0.1) is 0 Å². The van der Waals surface area contributed by atoms with E-state index in [0.29, 0.717) is 41.1 Å². The summed E-state index contributed by atoms with van der Waals surface area (Å²) >= 11 is 0. The summed E-state index contributed by atoms with van der Waals surface area (Å²) in [6, 6.07) is 0. The summed E-state index contributed by atoms with van der Waals surface area (Å²) in [7, 11) is 6.71. The molecule has 36 heavy (non-hydrogen) atoms. The Morgan fingerprint density at radius 1 is 0.833 bits per heavy atom. The second kappa shape index (κ2) is 12.9. The van der Waals surface area contributed by atoms with Crippen LogP contribution in [0.1, 0.15) is 49.4 Å². The predicted molar refractivity (Wildman–Crippen MR) is 128 cm³/mol. The van der Waals surface area contributed by atoms with Gasteiger partial charge in [0.25, 0.3) is 0 Å². The fraction of sp³-hybridized carbons (Fsp3) is 0.560. The number of carbonyl (C=O) groups excluding carboxylic acids is 4. The molecule has 1 unspecified atom stereocenters. The molecule has 1 aromatic rings. The van der Waals surface area contributed by atoms with Crippen molar-refractivity contribution < 1.29 is 42.9 Å². The minimum atomic E-state index is -0.930. The Bertz CT molecular complexity index is 1050. The van der Waals surface area contributed by atoms with Crippen LogP contribution >= 0.6 is 0 Å². The number of methoxy groups -OCH3 is 5. The molecule has 11 heteroatoms. The fourth-order valence-electron chi connectivity index (χ4n) is 4.27. The summed E-state index contributed by atoms with van der Waals surface area (Å²) in [6.07, 6.45) is 2.85. The molecule has 2 heterocycles. The van der Waals surface area contributed by atoms with Crippen molar-refractivity contribution in [1.29, 1.82) is 0 Å². The Morgan fingerprint density at radius 3 is 1.94 bits per heavy atom. The van der Waals surface area contributed by atoms with Gasteiger partial charge in [-0.2, -0.15) is 0 Å². The summed E-state index contributed by atoms with van der Waals surface area (Å²) < 4.78 is 24.8. The van der Waals surface area contributed by atoms with E-state index in [4.69, 9.17) is 28.7 Å². The maximum atomic E-state index is 12.3. The number of aryl methyl sites for hydroxylation is 1. The molecule has 0 bridgehead atoms. The van der Waals surface area contributed by atoms with Crippen molar-refractivity contribution >= 4 is 29.8 Å². The first-order valence-electron chi connectivity index (χ1n) is 11.4. The summed E-state index contributed by atoms with van der Waals surface area (Å²) in [5, 5.41) is 0. The first kappa shape index (κ1) is 28.6. The molecule has 198 valence electrons. The molecule has 11 nitrogen and oxygen atoms in total. The molecule has 0 saturated heterocycles. The van der Waals surface area contributed by atoms with Gasteiger partial charge in [0.1, 0.15) is 0 Å². The third-order valence-corrected chi connectivity index (χ3v) is 6.24. The number of rotatable bonds is 12. The van der Waals surface area contributed by atoms with Crippen LogP contribution in [0.4, 0.5) is 0 Å². The van der Waals surface area contributed by atoms with Crippen molar-refractivity contribution in [3.63, 3.8) is 0 Å². The third kappa shape index (κ3) is 6.96. The number of nitrogens with one attached hydrogen (secondary N) is 1. The van der Waals surface area contributed by atoms with Crippen LogP contribution in [-0.4, -0.2) is 75.8 Å². The summed E-state index contributed by atoms with van der Waals surface area (Å²) in [5.74, 6) is -1.33. The molecule has 2 rings (SSSR count). The maximum absolute atomic E-state index is 12.3. The quantitative estimate of drug-likeness (QED) is 0.333. The van der Waals surface area contributed by atoms with Gasteiger partial charge in [0.05, 0.1) is 53.9 Å². The number of carbonyl (C=O) groups is 4. The predicted octanol–water partition coefficient (Wildman–Crippen LogP) is 2.01. The zero-order valence-corrected chi connectivity index (χ0v) is 21.6. The van der Waals surface area contributed by atoms with Crippen molar-refractivity contribution in [2.45, 2.75) is 57.4 Å². The van der Waals surface area contributed by atoms with Crippen molar-refractivity contribution in [3.8, 4) is 0 Å². The Morgan fingerprint density at radius 2 is 1.39 bits per heavy atom. The molecular weight excluding hydrogens is 472 g/mol. The van der Waals surface area contributed by atoms with E-state index >= 15 is 0 Å². The molecule has 0 saturated carbocycles. The highest BCUT2D eigenvalue weighted by atomic mass is 16.5. The fourth-order valence-corrected chi connectivity index (χ4v) is 4.27. The van der Waals surface area contributed by atoms with Crippen LogP contribution in [-0.2, 0) is 62.1 Å². The number of H-pyrrole nitrogens is 1. The van der Waals surface area contributed by atoms with Gasteiger partial charge in [0, 0.05) is 36.7 Å². The highest BCUT2D eigenvalue weighted by molar-refractivity contribution is 5.99. The second-order valence-corrected chi connectivity index (χ2v) is 8.46. The number of aromatic amines is 1.